The minimum Gasteiger partial charge on any atom is -0.496 e. The molecule has 0 spiro atoms. The van der Waals surface area contributed by atoms with Gasteiger partial charge in [0.15, 0.2) is 11.2 Å². The molecule has 4 aliphatic carbocycles. The van der Waals surface area contributed by atoms with E-state index in [1.54, 1.807) is 28.1 Å². The standard InChI is InChI=1S/C40H42N2O9/c1-5-49-27(43)17-41-37(45)39-31-23-15-24(20-12-8-7-11-19(20)23)32(31)40(51-39,38(46)42-18-28(44)50-6-2)34-26-16-25(33(34)39)29-30(26)36(48-4)22-14-10-9-13-21(22)35(29)47-3/h7-14,23-26,31-34H,5-6,15-18H2,1-4H3,(H,41,45)(H,42,46)/t23-,24+,25+,26-,31-,32+,33+,34-,39-,40+. The predicted molar refractivity (Wildman–Crippen MR) is 183 cm³/mol. The smallest absolute Gasteiger partial charge is 0.325 e. The van der Waals surface area contributed by atoms with E-state index in [0.29, 0.717) is 6.42 Å². The summed E-state index contributed by atoms with van der Waals surface area (Å²) >= 11 is 0. The van der Waals surface area contributed by atoms with Crippen molar-refractivity contribution in [3.63, 3.8) is 0 Å². The lowest BCUT2D eigenvalue weighted by atomic mass is 9.49. The van der Waals surface area contributed by atoms with Gasteiger partial charge in [0, 0.05) is 45.6 Å². The molecular weight excluding hydrogens is 652 g/mol. The number of hydrogen-bond acceptors (Lipinski definition) is 9. The molecule has 4 fully saturated rings. The Hall–Kier alpha value is -4.64. The number of carbonyl (C=O) groups excluding carboxylic acids is 4. The van der Waals surface area contributed by atoms with Gasteiger partial charge in [0.25, 0.3) is 11.8 Å². The summed E-state index contributed by atoms with van der Waals surface area (Å²) in [6, 6.07) is 16.3. The molecule has 2 N–H and O–H groups in total. The third-order valence-electron chi connectivity index (χ3n) is 13.1. The SMILES string of the molecule is CCOC(=O)CNC(=O)[C@@]12O[C@@](C(=O)NCC(=O)OCC)([C@@H]3[C@H]1[C@@H]1C[C@H]3c3c1c(OC)c1ccccc1c3OC)[C@H]1[C@@H]2[C@H]2C[C@@H]1c1ccccc12. The van der Waals surface area contributed by atoms with Crippen molar-refractivity contribution < 1.29 is 42.9 Å². The van der Waals surface area contributed by atoms with Crippen LogP contribution in [0.1, 0.15) is 72.6 Å². The van der Waals surface area contributed by atoms with Crippen LogP contribution in [0.3, 0.4) is 0 Å². The van der Waals surface area contributed by atoms with Gasteiger partial charge in [-0.15, -0.1) is 0 Å². The molecule has 6 aliphatic rings. The molecule has 2 amide bonds. The normalized spacial score (nSPS) is 33.6. The maximum atomic E-state index is 15.1. The molecule has 266 valence electrons. The van der Waals surface area contributed by atoms with Crippen LogP contribution in [0.4, 0.5) is 0 Å². The first-order valence-electron chi connectivity index (χ1n) is 18.1. The van der Waals surface area contributed by atoms with Crippen LogP contribution in [-0.4, -0.2) is 75.5 Å². The monoisotopic (exact) mass is 694 g/mol. The van der Waals surface area contributed by atoms with Crippen molar-refractivity contribution in [2.45, 2.75) is 61.6 Å². The molecule has 6 bridgehead atoms. The summed E-state index contributed by atoms with van der Waals surface area (Å²) in [5, 5.41) is 7.68. The number of benzene rings is 3. The lowest BCUT2D eigenvalue weighted by Gasteiger charge is -2.50. The highest BCUT2D eigenvalue weighted by Crippen LogP contribution is 2.84. The molecule has 2 aliphatic heterocycles. The maximum Gasteiger partial charge on any atom is 0.325 e. The molecular formula is C40H42N2O9. The number of methoxy groups -OCH3 is 2. The summed E-state index contributed by atoms with van der Waals surface area (Å²) in [4.78, 5) is 55.5. The van der Waals surface area contributed by atoms with Crippen LogP contribution in [-0.2, 0) is 33.4 Å². The highest BCUT2D eigenvalue weighted by Gasteiger charge is 2.89. The number of fused-ring (bicyclic) bond motifs is 23. The van der Waals surface area contributed by atoms with Crippen molar-refractivity contribution in [1.29, 1.82) is 0 Å². The fourth-order valence-corrected chi connectivity index (χ4v) is 12.1. The molecule has 11 heteroatoms. The van der Waals surface area contributed by atoms with Crippen molar-refractivity contribution in [3.8, 4) is 11.5 Å². The zero-order valence-electron chi connectivity index (χ0n) is 29.2. The number of carbonyl (C=O) groups is 4. The van der Waals surface area contributed by atoms with Crippen molar-refractivity contribution in [1.82, 2.24) is 10.6 Å². The molecule has 2 saturated heterocycles. The Morgan fingerprint density at radius 2 is 1.04 bits per heavy atom. The van der Waals surface area contributed by atoms with Crippen LogP contribution in [0.25, 0.3) is 10.8 Å². The summed E-state index contributed by atoms with van der Waals surface area (Å²) in [7, 11) is 3.34. The second kappa shape index (κ2) is 11.4. The molecule has 2 saturated carbocycles. The van der Waals surface area contributed by atoms with Crippen LogP contribution >= 0.6 is 0 Å². The van der Waals surface area contributed by atoms with Gasteiger partial charge >= 0.3 is 11.9 Å². The minimum atomic E-state index is -1.45. The fraction of sp³-hybridized carbons (Fsp3) is 0.500. The van der Waals surface area contributed by atoms with Gasteiger partial charge in [0.2, 0.25) is 0 Å². The zero-order valence-corrected chi connectivity index (χ0v) is 29.2. The summed E-state index contributed by atoms with van der Waals surface area (Å²) < 4.78 is 30.1. The molecule has 0 radical (unpaired) electrons. The van der Waals surface area contributed by atoms with Crippen LogP contribution in [0.15, 0.2) is 48.5 Å². The van der Waals surface area contributed by atoms with E-state index in [2.05, 4.69) is 22.8 Å². The van der Waals surface area contributed by atoms with Gasteiger partial charge in [-0.3, -0.25) is 19.2 Å². The lowest BCUT2D eigenvalue weighted by Crippen LogP contribution is -2.63. The Kier molecular flexibility index (Phi) is 7.24. The molecule has 51 heavy (non-hydrogen) atoms. The third kappa shape index (κ3) is 3.93. The second-order valence-electron chi connectivity index (χ2n) is 14.7. The second-order valence-corrected chi connectivity index (χ2v) is 14.7. The van der Waals surface area contributed by atoms with Crippen LogP contribution in [0, 0.1) is 23.7 Å². The van der Waals surface area contributed by atoms with Gasteiger partial charge in [0.05, 0.1) is 27.4 Å². The third-order valence-corrected chi connectivity index (χ3v) is 13.1. The largest absolute Gasteiger partial charge is 0.496 e. The van der Waals surface area contributed by atoms with Gasteiger partial charge in [-0.05, 0) is 61.5 Å². The highest BCUT2D eigenvalue weighted by molar-refractivity contribution is 6.00. The van der Waals surface area contributed by atoms with Crippen LogP contribution < -0.4 is 20.1 Å². The Morgan fingerprint density at radius 1 is 0.647 bits per heavy atom. The summed E-state index contributed by atoms with van der Waals surface area (Å²) in [5.74, 6) is -2.38. The number of esters is 2. The number of ether oxygens (including phenoxy) is 5. The Labute approximate surface area is 295 Å². The van der Waals surface area contributed by atoms with E-state index in [0.717, 1.165) is 39.8 Å². The minimum absolute atomic E-state index is 0.0307. The van der Waals surface area contributed by atoms with Gasteiger partial charge in [0.1, 0.15) is 24.6 Å². The number of hydrogen-bond donors (Lipinski definition) is 2. The molecule has 11 nitrogen and oxygen atoms in total. The number of amides is 2. The van der Waals surface area contributed by atoms with Gasteiger partial charge in [-0.25, -0.2) is 0 Å². The van der Waals surface area contributed by atoms with E-state index in [9.17, 15) is 9.59 Å². The van der Waals surface area contributed by atoms with Gasteiger partial charge < -0.3 is 34.3 Å². The molecule has 3 aromatic carbocycles. The molecule has 9 rings (SSSR count). The fourth-order valence-electron chi connectivity index (χ4n) is 12.1. The van der Waals surface area contributed by atoms with Crippen molar-refractivity contribution in [3.05, 3.63) is 70.8 Å². The van der Waals surface area contributed by atoms with E-state index >= 15 is 9.59 Å². The Bertz CT molecular complexity index is 1880. The van der Waals surface area contributed by atoms with E-state index in [1.807, 2.05) is 36.4 Å². The molecule has 0 aromatic heterocycles. The topological polar surface area (TPSA) is 138 Å². The zero-order chi connectivity index (χ0) is 35.4. The van der Waals surface area contributed by atoms with Crippen molar-refractivity contribution in [2.24, 2.45) is 23.7 Å². The lowest BCUT2D eigenvalue weighted by molar-refractivity contribution is -0.164. The molecule has 10 atom stereocenters. The van der Waals surface area contributed by atoms with E-state index in [4.69, 9.17) is 23.7 Å². The van der Waals surface area contributed by atoms with E-state index in [-0.39, 0.29) is 61.8 Å². The predicted octanol–water partition coefficient (Wildman–Crippen LogP) is 4.07. The quantitative estimate of drug-likeness (QED) is 0.301. The van der Waals surface area contributed by atoms with Crippen molar-refractivity contribution >= 4 is 34.5 Å². The molecule has 0 unspecified atom stereocenters. The van der Waals surface area contributed by atoms with Crippen LogP contribution in [0.2, 0.25) is 0 Å². The highest BCUT2D eigenvalue weighted by atomic mass is 16.6. The summed E-state index contributed by atoms with van der Waals surface area (Å²) in [5.41, 5.74) is 1.47. The van der Waals surface area contributed by atoms with Gasteiger partial charge in [-0.2, -0.15) is 0 Å². The first-order valence-corrected chi connectivity index (χ1v) is 18.1. The van der Waals surface area contributed by atoms with E-state index < -0.39 is 46.8 Å². The molecule has 2 heterocycles. The van der Waals surface area contributed by atoms with Gasteiger partial charge in [-0.1, -0.05) is 48.5 Å². The maximum absolute atomic E-state index is 15.1. The van der Waals surface area contributed by atoms with Crippen LogP contribution in [0.5, 0.6) is 11.5 Å². The number of nitrogens with one attached hydrogen (secondary N) is 2. The molecule has 3 aromatic rings. The Morgan fingerprint density at radius 3 is 1.45 bits per heavy atom. The van der Waals surface area contributed by atoms with Crippen molar-refractivity contribution in [2.75, 3.05) is 40.5 Å². The number of rotatable bonds is 10. The first-order chi connectivity index (χ1) is 24.8. The van der Waals surface area contributed by atoms with E-state index in [1.165, 1.54) is 11.1 Å². The average Bonchev–Trinajstić information content (AvgIpc) is 3.98. The Balaban J connectivity index is 1.27. The summed E-state index contributed by atoms with van der Waals surface area (Å²) in [6.07, 6.45) is 1.47. The average molecular weight is 695 g/mol. The first kappa shape index (κ1) is 32.3. The summed E-state index contributed by atoms with van der Waals surface area (Å²) in [6.45, 7) is 3.19.